The van der Waals surface area contributed by atoms with E-state index in [4.69, 9.17) is 0 Å². The van der Waals surface area contributed by atoms with Gasteiger partial charge in [-0.25, -0.2) is 4.98 Å². The average Bonchev–Trinajstić information content (AvgIpc) is 2.36. The van der Waals surface area contributed by atoms with Crippen molar-refractivity contribution >= 4 is 5.82 Å². The molecule has 0 fully saturated rings. The Morgan fingerprint density at radius 3 is 2.67 bits per heavy atom. The van der Waals surface area contributed by atoms with E-state index in [9.17, 15) is 0 Å². The largest absolute Gasteiger partial charge is 0.354 e. The lowest BCUT2D eigenvalue weighted by Gasteiger charge is -2.27. The van der Waals surface area contributed by atoms with Crippen molar-refractivity contribution in [2.45, 2.75) is 53.1 Å². The van der Waals surface area contributed by atoms with Crippen LogP contribution in [0.3, 0.4) is 0 Å². The van der Waals surface area contributed by atoms with Crippen LogP contribution in [0.2, 0.25) is 0 Å². The summed E-state index contributed by atoms with van der Waals surface area (Å²) >= 11 is 0. The van der Waals surface area contributed by atoms with Crippen LogP contribution < -0.4 is 10.2 Å². The molecule has 0 radical (unpaired) electrons. The van der Waals surface area contributed by atoms with Gasteiger partial charge in [0.1, 0.15) is 5.82 Å². The van der Waals surface area contributed by atoms with Crippen LogP contribution in [0.15, 0.2) is 18.3 Å². The van der Waals surface area contributed by atoms with Crippen molar-refractivity contribution in [1.82, 2.24) is 10.3 Å². The van der Waals surface area contributed by atoms with Crippen molar-refractivity contribution in [3.63, 3.8) is 0 Å². The van der Waals surface area contributed by atoms with Crippen LogP contribution in [0.1, 0.15) is 46.1 Å². The number of nitrogens with one attached hydrogen (secondary N) is 1. The van der Waals surface area contributed by atoms with Crippen LogP contribution in [0.25, 0.3) is 0 Å². The summed E-state index contributed by atoms with van der Waals surface area (Å²) in [7, 11) is 0. The molecule has 0 amide bonds. The fraction of sp³-hybridized carbons (Fsp3) is 0.667. The molecule has 0 saturated heterocycles. The molecule has 102 valence electrons. The number of anilines is 1. The highest BCUT2D eigenvalue weighted by Gasteiger charge is 2.10. The molecular weight excluding hydrogens is 222 g/mol. The molecule has 0 bridgehead atoms. The number of rotatable bonds is 8. The van der Waals surface area contributed by atoms with Gasteiger partial charge in [0.25, 0.3) is 0 Å². The molecule has 0 spiro atoms. The summed E-state index contributed by atoms with van der Waals surface area (Å²) in [6, 6.07) is 4.80. The highest BCUT2D eigenvalue weighted by atomic mass is 15.2. The van der Waals surface area contributed by atoms with Gasteiger partial charge in [0.15, 0.2) is 0 Å². The minimum absolute atomic E-state index is 0.497. The van der Waals surface area contributed by atoms with Crippen molar-refractivity contribution in [2.75, 3.05) is 18.0 Å². The van der Waals surface area contributed by atoms with Gasteiger partial charge in [0.2, 0.25) is 0 Å². The van der Waals surface area contributed by atoms with Crippen LogP contribution in [0.4, 0.5) is 5.82 Å². The highest BCUT2D eigenvalue weighted by Crippen LogP contribution is 2.16. The maximum absolute atomic E-state index is 4.51. The van der Waals surface area contributed by atoms with Crippen molar-refractivity contribution in [2.24, 2.45) is 0 Å². The molecule has 3 nitrogen and oxygen atoms in total. The van der Waals surface area contributed by atoms with Crippen LogP contribution in [-0.2, 0) is 6.54 Å². The Morgan fingerprint density at radius 2 is 2.06 bits per heavy atom. The maximum Gasteiger partial charge on any atom is 0.129 e. The number of aromatic nitrogens is 1. The third-order valence-corrected chi connectivity index (χ3v) is 2.95. The Kier molecular flexibility index (Phi) is 6.73. The fourth-order valence-corrected chi connectivity index (χ4v) is 2.02. The molecule has 0 aromatic carbocycles. The summed E-state index contributed by atoms with van der Waals surface area (Å²) in [6.45, 7) is 11.9. The van der Waals surface area contributed by atoms with E-state index in [0.717, 1.165) is 31.9 Å². The molecule has 1 aromatic rings. The van der Waals surface area contributed by atoms with Gasteiger partial charge in [-0.3, -0.25) is 0 Å². The normalized spacial score (nSPS) is 10.9. The zero-order valence-corrected chi connectivity index (χ0v) is 12.2. The van der Waals surface area contributed by atoms with Gasteiger partial charge in [-0.2, -0.15) is 0 Å². The highest BCUT2D eigenvalue weighted by molar-refractivity contribution is 5.41. The van der Waals surface area contributed by atoms with Crippen LogP contribution >= 0.6 is 0 Å². The number of hydrogen-bond acceptors (Lipinski definition) is 3. The summed E-state index contributed by atoms with van der Waals surface area (Å²) in [5.41, 5.74) is 1.32. The molecule has 0 aliphatic rings. The third kappa shape index (κ3) is 4.65. The van der Waals surface area contributed by atoms with Crippen molar-refractivity contribution in [1.29, 1.82) is 0 Å². The number of nitrogens with zero attached hydrogens (tertiary/aromatic N) is 2. The molecule has 18 heavy (non-hydrogen) atoms. The molecular formula is C15H27N3. The van der Waals surface area contributed by atoms with Gasteiger partial charge >= 0.3 is 0 Å². The molecule has 1 N–H and O–H groups in total. The van der Waals surface area contributed by atoms with Crippen molar-refractivity contribution in [3.8, 4) is 0 Å². The van der Waals surface area contributed by atoms with E-state index < -0.39 is 0 Å². The first-order valence-corrected chi connectivity index (χ1v) is 7.11. The molecule has 1 heterocycles. The summed E-state index contributed by atoms with van der Waals surface area (Å²) in [4.78, 5) is 6.87. The Morgan fingerprint density at radius 1 is 1.28 bits per heavy atom. The fourth-order valence-electron chi connectivity index (χ4n) is 2.02. The zero-order valence-electron chi connectivity index (χ0n) is 12.2. The first-order chi connectivity index (χ1) is 8.69. The van der Waals surface area contributed by atoms with Crippen molar-refractivity contribution in [3.05, 3.63) is 23.9 Å². The molecule has 0 aliphatic carbocycles. The third-order valence-electron chi connectivity index (χ3n) is 2.95. The van der Waals surface area contributed by atoms with E-state index in [1.54, 1.807) is 0 Å². The van der Waals surface area contributed by atoms with Crippen LogP contribution in [0.5, 0.6) is 0 Å². The van der Waals surface area contributed by atoms with Gasteiger partial charge in [0, 0.05) is 25.3 Å². The van der Waals surface area contributed by atoms with E-state index in [1.165, 1.54) is 12.0 Å². The smallest absolute Gasteiger partial charge is 0.129 e. The number of hydrogen-bond donors (Lipinski definition) is 1. The van der Waals surface area contributed by atoms with Gasteiger partial charge in [0.05, 0.1) is 0 Å². The minimum atomic E-state index is 0.497. The first kappa shape index (κ1) is 15.0. The maximum atomic E-state index is 4.51. The summed E-state index contributed by atoms with van der Waals surface area (Å²) in [5, 5.41) is 3.43. The molecule has 1 aromatic heterocycles. The second-order valence-electron chi connectivity index (χ2n) is 4.99. The Labute approximate surface area is 112 Å². The predicted octanol–water partition coefficient (Wildman–Crippen LogP) is 3.21. The Hall–Kier alpha value is -1.09. The molecule has 3 heteroatoms. The van der Waals surface area contributed by atoms with Gasteiger partial charge < -0.3 is 10.2 Å². The summed E-state index contributed by atoms with van der Waals surface area (Å²) < 4.78 is 0. The zero-order chi connectivity index (χ0) is 13.4. The number of pyridine rings is 1. The monoisotopic (exact) mass is 249 g/mol. The molecule has 0 unspecified atom stereocenters. The van der Waals surface area contributed by atoms with E-state index in [2.05, 4.69) is 55.0 Å². The molecule has 0 atom stereocenters. The Bertz CT molecular complexity index is 336. The standard InChI is InChI=1S/C15H27N3/c1-5-8-16-12-14-7-9-17-15(11-14)18(10-6-2)13(3)4/h7,9,11,13,16H,5-6,8,10,12H2,1-4H3. The van der Waals surface area contributed by atoms with Gasteiger partial charge in [-0.05, 0) is 50.9 Å². The lowest BCUT2D eigenvalue weighted by molar-refractivity contribution is 0.656. The van der Waals surface area contributed by atoms with Crippen molar-refractivity contribution < 1.29 is 0 Å². The lowest BCUT2D eigenvalue weighted by Crippen LogP contribution is -2.32. The van der Waals surface area contributed by atoms with Crippen LogP contribution in [0, 0.1) is 0 Å². The molecule has 0 aliphatic heterocycles. The van der Waals surface area contributed by atoms with E-state index in [-0.39, 0.29) is 0 Å². The average molecular weight is 249 g/mol. The van der Waals surface area contributed by atoms with E-state index >= 15 is 0 Å². The summed E-state index contributed by atoms with van der Waals surface area (Å²) in [6.07, 6.45) is 4.24. The second kappa shape index (κ2) is 8.09. The van der Waals surface area contributed by atoms with Gasteiger partial charge in [-0.15, -0.1) is 0 Å². The lowest BCUT2D eigenvalue weighted by atomic mass is 10.2. The van der Waals surface area contributed by atoms with Crippen LogP contribution in [-0.4, -0.2) is 24.1 Å². The molecule has 1 rings (SSSR count). The van der Waals surface area contributed by atoms with E-state index in [1.807, 2.05) is 6.20 Å². The summed E-state index contributed by atoms with van der Waals surface area (Å²) in [5.74, 6) is 1.10. The van der Waals surface area contributed by atoms with Gasteiger partial charge in [-0.1, -0.05) is 13.8 Å². The minimum Gasteiger partial charge on any atom is -0.354 e. The quantitative estimate of drug-likeness (QED) is 0.717. The predicted molar refractivity (Wildman–Crippen MR) is 79.0 cm³/mol. The second-order valence-corrected chi connectivity index (χ2v) is 4.99. The Balaban J connectivity index is 2.72. The van der Waals surface area contributed by atoms with E-state index in [0.29, 0.717) is 6.04 Å². The first-order valence-electron chi connectivity index (χ1n) is 7.11. The topological polar surface area (TPSA) is 28.2 Å². The SMILES string of the molecule is CCCNCc1ccnc(N(CCC)C(C)C)c1. The molecule has 0 saturated carbocycles.